The maximum atomic E-state index is 11.3. The first-order valence-electron chi connectivity index (χ1n) is 6.64. The topological polar surface area (TPSA) is 46.4 Å². The molecule has 2 atom stereocenters. The van der Waals surface area contributed by atoms with E-state index in [1.54, 1.807) is 6.07 Å². The van der Waals surface area contributed by atoms with Crippen LogP contribution in [0.1, 0.15) is 32.3 Å². The lowest BCUT2D eigenvalue weighted by molar-refractivity contribution is -0.384. The summed E-state index contributed by atoms with van der Waals surface area (Å²) in [4.78, 5) is 13.1. The van der Waals surface area contributed by atoms with E-state index in [0.717, 1.165) is 24.2 Å². The average Bonchev–Trinajstić information content (AvgIpc) is 2.41. The lowest BCUT2D eigenvalue weighted by Gasteiger charge is -2.39. The van der Waals surface area contributed by atoms with Crippen molar-refractivity contribution in [3.05, 3.63) is 33.9 Å². The Bertz CT molecular complexity index is 479. The molecule has 0 spiro atoms. The fraction of sp³-hybridized carbons (Fsp3) is 0.571. The van der Waals surface area contributed by atoms with Gasteiger partial charge < -0.3 is 4.90 Å². The summed E-state index contributed by atoms with van der Waals surface area (Å²) < 4.78 is 0. The van der Waals surface area contributed by atoms with Crippen LogP contribution in [0.5, 0.6) is 0 Å². The second-order valence-corrected chi connectivity index (χ2v) is 5.53. The molecular weight excluding hydrogens is 264 g/mol. The van der Waals surface area contributed by atoms with Gasteiger partial charge in [0.15, 0.2) is 0 Å². The van der Waals surface area contributed by atoms with Crippen LogP contribution in [-0.2, 0) is 5.88 Å². The quantitative estimate of drug-likeness (QED) is 0.479. The molecule has 0 aliphatic carbocycles. The van der Waals surface area contributed by atoms with Gasteiger partial charge in [0, 0.05) is 24.5 Å². The summed E-state index contributed by atoms with van der Waals surface area (Å²) in [7, 11) is 0. The van der Waals surface area contributed by atoms with Crippen molar-refractivity contribution in [3.63, 3.8) is 0 Å². The fourth-order valence-electron chi connectivity index (χ4n) is 2.72. The molecule has 4 nitrogen and oxygen atoms in total. The molecule has 2 unspecified atom stereocenters. The van der Waals surface area contributed by atoms with Crippen molar-refractivity contribution in [2.75, 3.05) is 11.4 Å². The predicted octanol–water partition coefficient (Wildman–Crippen LogP) is 3.96. The first kappa shape index (κ1) is 14.1. The summed E-state index contributed by atoms with van der Waals surface area (Å²) in [5, 5.41) is 11.3. The van der Waals surface area contributed by atoms with Crippen LogP contribution in [0.15, 0.2) is 18.2 Å². The number of piperidine rings is 1. The van der Waals surface area contributed by atoms with Crippen molar-refractivity contribution in [3.8, 4) is 0 Å². The van der Waals surface area contributed by atoms with Crippen molar-refractivity contribution >= 4 is 23.0 Å². The molecule has 0 amide bonds. The fourth-order valence-corrected chi connectivity index (χ4v) is 2.88. The van der Waals surface area contributed by atoms with Gasteiger partial charge in [-0.1, -0.05) is 13.0 Å². The number of hydrogen-bond donors (Lipinski definition) is 0. The van der Waals surface area contributed by atoms with Gasteiger partial charge in [0.25, 0.3) is 5.69 Å². The Morgan fingerprint density at radius 3 is 2.84 bits per heavy atom. The molecule has 1 saturated heterocycles. The second kappa shape index (κ2) is 5.78. The Labute approximate surface area is 118 Å². The number of benzene rings is 1. The standard InChI is InChI=1S/C14H19ClN2O2/c1-10-4-3-7-16(11(10)2)13-6-5-12(9-15)8-14(13)17(18)19/h5-6,8,10-11H,3-4,7,9H2,1-2H3. The number of anilines is 1. The molecule has 1 aromatic rings. The molecule has 1 aliphatic rings. The normalized spacial score (nSPS) is 23.4. The van der Waals surface area contributed by atoms with Crippen LogP contribution in [0.4, 0.5) is 11.4 Å². The minimum absolute atomic E-state index is 0.166. The highest BCUT2D eigenvalue weighted by Crippen LogP contribution is 2.35. The third kappa shape index (κ3) is 2.84. The van der Waals surface area contributed by atoms with E-state index in [2.05, 4.69) is 18.7 Å². The van der Waals surface area contributed by atoms with Crippen molar-refractivity contribution < 1.29 is 4.92 Å². The number of hydrogen-bond acceptors (Lipinski definition) is 3. The molecule has 0 N–H and O–H groups in total. The van der Waals surface area contributed by atoms with Crippen molar-refractivity contribution in [2.24, 2.45) is 5.92 Å². The highest BCUT2D eigenvalue weighted by atomic mass is 35.5. The van der Waals surface area contributed by atoms with Crippen LogP contribution in [-0.4, -0.2) is 17.5 Å². The predicted molar refractivity (Wildman–Crippen MR) is 77.9 cm³/mol. The van der Waals surface area contributed by atoms with E-state index in [1.807, 2.05) is 12.1 Å². The zero-order chi connectivity index (χ0) is 14.0. The smallest absolute Gasteiger partial charge is 0.292 e. The molecule has 1 fully saturated rings. The maximum absolute atomic E-state index is 11.3. The Hall–Kier alpha value is -1.29. The zero-order valence-electron chi connectivity index (χ0n) is 11.3. The van der Waals surface area contributed by atoms with E-state index in [9.17, 15) is 10.1 Å². The summed E-state index contributed by atoms with van der Waals surface area (Å²) in [6, 6.07) is 5.63. The zero-order valence-corrected chi connectivity index (χ0v) is 12.1. The van der Waals surface area contributed by atoms with E-state index in [4.69, 9.17) is 11.6 Å². The molecule has 19 heavy (non-hydrogen) atoms. The van der Waals surface area contributed by atoms with Gasteiger partial charge in [-0.3, -0.25) is 10.1 Å². The number of rotatable bonds is 3. The third-order valence-electron chi connectivity index (χ3n) is 4.07. The van der Waals surface area contributed by atoms with Gasteiger partial charge in [-0.15, -0.1) is 11.6 Å². The van der Waals surface area contributed by atoms with Crippen molar-refractivity contribution in [1.29, 1.82) is 0 Å². The molecule has 0 bridgehead atoms. The summed E-state index contributed by atoms with van der Waals surface area (Å²) in [5.74, 6) is 0.855. The Kier molecular flexibility index (Phi) is 4.30. The molecule has 0 aromatic heterocycles. The van der Waals surface area contributed by atoms with Crippen molar-refractivity contribution in [2.45, 2.75) is 38.6 Å². The highest BCUT2D eigenvalue weighted by Gasteiger charge is 2.29. The SMILES string of the molecule is CC1CCCN(c2ccc(CCl)cc2[N+](=O)[O-])C1C. The molecular formula is C14H19ClN2O2. The van der Waals surface area contributed by atoms with Gasteiger partial charge in [0.05, 0.1) is 4.92 Å². The van der Waals surface area contributed by atoms with Crippen molar-refractivity contribution in [1.82, 2.24) is 0 Å². The maximum Gasteiger partial charge on any atom is 0.292 e. The number of nitro benzene ring substituents is 1. The Morgan fingerprint density at radius 1 is 1.47 bits per heavy atom. The van der Waals surface area contributed by atoms with E-state index in [1.165, 1.54) is 6.42 Å². The van der Waals surface area contributed by atoms with Crippen LogP contribution in [0.25, 0.3) is 0 Å². The summed E-state index contributed by atoms with van der Waals surface area (Å²) in [5.41, 5.74) is 1.67. The molecule has 104 valence electrons. The Morgan fingerprint density at radius 2 is 2.21 bits per heavy atom. The minimum Gasteiger partial charge on any atom is -0.363 e. The molecule has 1 aromatic carbocycles. The first-order chi connectivity index (χ1) is 9.04. The van der Waals surface area contributed by atoms with Crippen LogP contribution in [0.2, 0.25) is 0 Å². The minimum atomic E-state index is -0.308. The number of halogens is 1. The van der Waals surface area contributed by atoms with E-state index in [-0.39, 0.29) is 10.6 Å². The largest absolute Gasteiger partial charge is 0.363 e. The van der Waals surface area contributed by atoms with E-state index in [0.29, 0.717) is 17.8 Å². The number of nitrogens with zero attached hydrogens (tertiary/aromatic N) is 2. The molecule has 0 saturated carbocycles. The van der Waals surface area contributed by atoms with Gasteiger partial charge >= 0.3 is 0 Å². The molecule has 1 aliphatic heterocycles. The van der Waals surface area contributed by atoms with E-state index >= 15 is 0 Å². The van der Waals surface area contributed by atoms with Gasteiger partial charge in [0.2, 0.25) is 0 Å². The van der Waals surface area contributed by atoms with Crippen LogP contribution in [0, 0.1) is 16.0 Å². The number of alkyl halides is 1. The molecule has 2 rings (SSSR count). The molecule has 5 heteroatoms. The monoisotopic (exact) mass is 282 g/mol. The van der Waals surface area contributed by atoms with Gasteiger partial charge in [-0.2, -0.15) is 0 Å². The highest BCUT2D eigenvalue weighted by molar-refractivity contribution is 6.17. The van der Waals surface area contributed by atoms with E-state index < -0.39 is 0 Å². The van der Waals surface area contributed by atoms with Gasteiger partial charge in [-0.05, 0) is 37.3 Å². The first-order valence-corrected chi connectivity index (χ1v) is 7.18. The summed E-state index contributed by atoms with van der Waals surface area (Å²) >= 11 is 5.76. The number of nitro groups is 1. The van der Waals surface area contributed by atoms with Crippen LogP contribution in [0.3, 0.4) is 0 Å². The van der Waals surface area contributed by atoms with Gasteiger partial charge in [0.1, 0.15) is 5.69 Å². The molecule has 0 radical (unpaired) electrons. The summed E-state index contributed by atoms with van der Waals surface area (Å²) in [6.07, 6.45) is 2.27. The molecule has 1 heterocycles. The third-order valence-corrected chi connectivity index (χ3v) is 4.38. The Balaban J connectivity index is 2.40. The van der Waals surface area contributed by atoms with Crippen LogP contribution >= 0.6 is 11.6 Å². The van der Waals surface area contributed by atoms with Crippen LogP contribution < -0.4 is 4.90 Å². The summed E-state index contributed by atoms with van der Waals surface area (Å²) in [6.45, 7) is 5.23. The average molecular weight is 283 g/mol. The second-order valence-electron chi connectivity index (χ2n) is 5.27. The van der Waals surface area contributed by atoms with Gasteiger partial charge in [-0.25, -0.2) is 0 Å². The lowest BCUT2D eigenvalue weighted by Crippen LogP contribution is -2.42. The lowest BCUT2D eigenvalue weighted by atomic mass is 9.91.